The lowest BCUT2D eigenvalue weighted by molar-refractivity contribution is -0.146. The highest BCUT2D eigenvalue weighted by molar-refractivity contribution is 8.00. The molecule has 1 unspecified atom stereocenters. The first-order valence-electron chi connectivity index (χ1n) is 9.37. The number of nitrogens with zero attached hydrogens (tertiary/aromatic N) is 3. The molecule has 3 heterocycles. The average Bonchev–Trinajstić information content (AvgIpc) is 3.40. The second-order valence-corrected chi connectivity index (χ2v) is 8.15. The number of carbonyl (C=O) groups excluding carboxylic acids is 1. The summed E-state index contributed by atoms with van der Waals surface area (Å²) in [6, 6.07) is 16.2. The summed E-state index contributed by atoms with van der Waals surface area (Å²) in [4.78, 5) is 26.5. The van der Waals surface area contributed by atoms with Crippen LogP contribution in [0.3, 0.4) is 0 Å². The predicted molar refractivity (Wildman–Crippen MR) is 115 cm³/mol. The minimum Gasteiger partial charge on any atom is -0.497 e. The molecule has 5 rings (SSSR count). The maximum absolute atomic E-state index is 13.2. The number of carboxylic acids is 1. The first-order chi connectivity index (χ1) is 14.6. The van der Waals surface area contributed by atoms with Crippen LogP contribution in [0, 0.1) is 0 Å². The Morgan fingerprint density at radius 1 is 1.07 bits per heavy atom. The summed E-state index contributed by atoms with van der Waals surface area (Å²) in [5.74, 6) is -0.349. The first kappa shape index (κ1) is 18.6. The summed E-state index contributed by atoms with van der Waals surface area (Å²) < 4.78 is 5.24. The van der Waals surface area contributed by atoms with Gasteiger partial charge < -0.3 is 14.7 Å². The van der Waals surface area contributed by atoms with Gasteiger partial charge in [-0.05, 0) is 29.8 Å². The zero-order valence-corrected chi connectivity index (χ0v) is 16.8. The summed E-state index contributed by atoms with van der Waals surface area (Å²) in [5, 5.41) is 17.8. The molecule has 1 amide bonds. The van der Waals surface area contributed by atoms with E-state index in [4.69, 9.17) is 4.74 Å². The average molecular weight is 419 g/mol. The van der Waals surface area contributed by atoms with Crippen LogP contribution in [0.4, 0.5) is 0 Å². The molecule has 0 aliphatic carbocycles. The van der Waals surface area contributed by atoms with Crippen LogP contribution in [0.15, 0.2) is 70.4 Å². The third-order valence-corrected chi connectivity index (χ3v) is 6.70. The Morgan fingerprint density at radius 2 is 1.77 bits per heavy atom. The minimum atomic E-state index is -1.01. The van der Waals surface area contributed by atoms with Gasteiger partial charge in [0.25, 0.3) is 5.91 Å². The van der Waals surface area contributed by atoms with Crippen molar-refractivity contribution < 1.29 is 19.4 Å². The quantitative estimate of drug-likeness (QED) is 0.823. The van der Waals surface area contributed by atoms with Crippen LogP contribution in [-0.4, -0.2) is 57.6 Å². The van der Waals surface area contributed by atoms with E-state index < -0.39 is 17.4 Å². The molecule has 1 saturated heterocycles. The maximum Gasteiger partial charge on any atom is 0.327 e. The molecule has 7 nitrogen and oxygen atoms in total. The lowest BCUT2D eigenvalue weighted by Gasteiger charge is -2.34. The van der Waals surface area contributed by atoms with Gasteiger partial charge in [0.1, 0.15) is 22.9 Å². The lowest BCUT2D eigenvalue weighted by atomic mass is 9.86. The minimum absolute atomic E-state index is 0.199. The van der Waals surface area contributed by atoms with E-state index in [0.717, 1.165) is 22.4 Å². The van der Waals surface area contributed by atoms with E-state index in [-0.39, 0.29) is 11.6 Å². The molecule has 1 N–H and O–H groups in total. The van der Waals surface area contributed by atoms with Crippen LogP contribution < -0.4 is 4.74 Å². The molecule has 1 fully saturated rings. The molecule has 0 radical (unpaired) electrons. The number of hydrogen-bond acceptors (Lipinski definition) is 6. The van der Waals surface area contributed by atoms with Crippen molar-refractivity contribution in [2.75, 3.05) is 12.9 Å². The van der Waals surface area contributed by atoms with Crippen molar-refractivity contribution in [3.63, 3.8) is 0 Å². The molecule has 2 aromatic carbocycles. The summed E-state index contributed by atoms with van der Waals surface area (Å²) >= 11 is 1.46. The topological polar surface area (TPSA) is 91.6 Å². The Balaban J connectivity index is 1.70. The Morgan fingerprint density at radius 3 is 2.43 bits per heavy atom. The molecule has 2 aromatic rings. The van der Waals surface area contributed by atoms with Gasteiger partial charge in [-0.1, -0.05) is 30.3 Å². The third-order valence-electron chi connectivity index (χ3n) is 5.41. The number of carboxylic acid groups (broad SMARTS) is 1. The number of aliphatic carboxylic acids is 1. The van der Waals surface area contributed by atoms with Crippen LogP contribution in [0.5, 0.6) is 5.75 Å². The summed E-state index contributed by atoms with van der Waals surface area (Å²) in [7, 11) is 1.60. The lowest BCUT2D eigenvalue weighted by Crippen LogP contribution is -2.52. The largest absolute Gasteiger partial charge is 0.497 e. The van der Waals surface area contributed by atoms with Crippen molar-refractivity contribution in [2.45, 2.75) is 11.4 Å². The van der Waals surface area contributed by atoms with Crippen molar-refractivity contribution in [1.82, 2.24) is 4.90 Å². The van der Waals surface area contributed by atoms with Gasteiger partial charge in [0.2, 0.25) is 0 Å². The highest BCUT2D eigenvalue weighted by Gasteiger charge is 2.51. The van der Waals surface area contributed by atoms with E-state index >= 15 is 0 Å². The number of fused-ring (bicyclic) bond motifs is 2. The third kappa shape index (κ3) is 2.75. The fourth-order valence-electron chi connectivity index (χ4n) is 3.99. The van der Waals surface area contributed by atoms with Crippen LogP contribution in [0.2, 0.25) is 0 Å². The van der Waals surface area contributed by atoms with E-state index in [1.807, 2.05) is 54.6 Å². The van der Waals surface area contributed by atoms with Gasteiger partial charge in [0.15, 0.2) is 5.71 Å². The van der Waals surface area contributed by atoms with Crippen molar-refractivity contribution in [2.24, 2.45) is 10.2 Å². The molecule has 3 aliphatic rings. The normalized spacial score (nSPS) is 22.4. The van der Waals surface area contributed by atoms with Gasteiger partial charge >= 0.3 is 5.97 Å². The number of amides is 1. The zero-order chi connectivity index (χ0) is 20.8. The second kappa shape index (κ2) is 7.14. The van der Waals surface area contributed by atoms with Gasteiger partial charge in [0, 0.05) is 22.5 Å². The molecule has 30 heavy (non-hydrogen) atoms. The standard InChI is InChI=1S/C22H17N3O4S/c1-29-14-9-7-13(8-10-14)18-17-16(12-5-3-2-4-6-12)21-25(15(11-30-21)22(27)28)20(26)19(17)24-23-18/h2-10,15,21H,11H2,1H3,(H,27,28)/t15-,21?/m0/s1. The van der Waals surface area contributed by atoms with Gasteiger partial charge in [0.05, 0.1) is 7.11 Å². The number of ether oxygens (including phenoxy) is 1. The number of carbonyl (C=O) groups is 2. The van der Waals surface area contributed by atoms with Gasteiger partial charge in [-0.2, -0.15) is 0 Å². The SMILES string of the molecule is COc1ccc(C2=NN=C3C(=O)N4C(SC[C@H]4C(=O)O)C(c4ccccc4)=C32)cc1. The molecular formula is C22H17N3O4S. The molecule has 150 valence electrons. The predicted octanol–water partition coefficient (Wildman–Crippen LogP) is 2.68. The van der Waals surface area contributed by atoms with Crippen molar-refractivity contribution in [3.05, 3.63) is 71.3 Å². The number of thioether (sulfide) groups is 1. The highest BCUT2D eigenvalue weighted by Crippen LogP contribution is 2.45. The summed E-state index contributed by atoms with van der Waals surface area (Å²) in [6.45, 7) is 0. The van der Waals surface area contributed by atoms with E-state index in [9.17, 15) is 14.7 Å². The molecule has 3 aliphatic heterocycles. The Labute approximate surface area is 176 Å². The van der Waals surface area contributed by atoms with Gasteiger partial charge in [-0.15, -0.1) is 22.0 Å². The Bertz CT molecular complexity index is 1140. The number of hydrogen-bond donors (Lipinski definition) is 1. The van der Waals surface area contributed by atoms with Crippen LogP contribution in [0.1, 0.15) is 11.1 Å². The van der Waals surface area contributed by atoms with Gasteiger partial charge in [-0.3, -0.25) is 4.79 Å². The molecular weight excluding hydrogens is 402 g/mol. The molecule has 0 saturated carbocycles. The molecule has 2 atom stereocenters. The van der Waals surface area contributed by atoms with E-state index in [0.29, 0.717) is 17.0 Å². The van der Waals surface area contributed by atoms with Crippen molar-refractivity contribution >= 4 is 40.6 Å². The van der Waals surface area contributed by atoms with Crippen LogP contribution in [0.25, 0.3) is 5.57 Å². The van der Waals surface area contributed by atoms with Crippen molar-refractivity contribution in [3.8, 4) is 5.75 Å². The fraction of sp³-hybridized carbons (Fsp3) is 0.182. The monoisotopic (exact) mass is 419 g/mol. The zero-order valence-electron chi connectivity index (χ0n) is 16.0. The van der Waals surface area contributed by atoms with E-state index in [2.05, 4.69) is 10.2 Å². The van der Waals surface area contributed by atoms with Crippen LogP contribution in [-0.2, 0) is 9.59 Å². The second-order valence-electron chi connectivity index (χ2n) is 7.03. The molecule has 0 bridgehead atoms. The summed E-state index contributed by atoms with van der Waals surface area (Å²) in [6.07, 6.45) is 0. The van der Waals surface area contributed by atoms with Gasteiger partial charge in [-0.25, -0.2) is 4.79 Å². The van der Waals surface area contributed by atoms with E-state index in [1.165, 1.54) is 16.7 Å². The smallest absolute Gasteiger partial charge is 0.327 e. The Hall–Kier alpha value is -3.39. The molecule has 8 heteroatoms. The number of methoxy groups -OCH3 is 1. The Kier molecular flexibility index (Phi) is 4.43. The molecule has 0 spiro atoms. The van der Waals surface area contributed by atoms with Crippen LogP contribution >= 0.6 is 11.8 Å². The highest BCUT2D eigenvalue weighted by atomic mass is 32.2. The van der Waals surface area contributed by atoms with E-state index in [1.54, 1.807) is 7.11 Å². The molecule has 0 aromatic heterocycles. The number of benzene rings is 2. The number of rotatable bonds is 4. The fourth-order valence-corrected chi connectivity index (χ4v) is 5.48. The first-order valence-corrected chi connectivity index (χ1v) is 10.4. The van der Waals surface area contributed by atoms with Crippen molar-refractivity contribution in [1.29, 1.82) is 0 Å². The maximum atomic E-state index is 13.2. The summed E-state index contributed by atoms with van der Waals surface area (Å²) in [5.41, 5.74) is 4.09.